The summed E-state index contributed by atoms with van der Waals surface area (Å²) < 4.78 is 12.9. The molecule has 0 spiro atoms. The predicted molar refractivity (Wildman–Crippen MR) is 85.0 cm³/mol. The first-order valence-electron chi connectivity index (χ1n) is 7.71. The molecule has 1 aromatic carbocycles. The van der Waals surface area contributed by atoms with Crippen LogP contribution in [0.3, 0.4) is 0 Å². The fourth-order valence-corrected chi connectivity index (χ4v) is 2.91. The Bertz CT molecular complexity index is 669. The lowest BCUT2D eigenvalue weighted by Crippen LogP contribution is -2.43. The number of carbonyl (C=O) groups is 1. The maximum Gasteiger partial charge on any atom is 0.261 e. The van der Waals surface area contributed by atoms with E-state index in [1.807, 2.05) is 48.4 Å². The number of amides is 1. The van der Waals surface area contributed by atoms with E-state index >= 15 is 0 Å². The van der Waals surface area contributed by atoms with Crippen LogP contribution in [-0.2, 0) is 22.7 Å². The number of methoxy groups -OCH3 is 1. The highest BCUT2D eigenvalue weighted by atomic mass is 16.5. The van der Waals surface area contributed by atoms with E-state index < -0.39 is 0 Å². The third kappa shape index (κ3) is 3.22. The fraction of sp³-hybridized carbons (Fsp3) is 0.412. The van der Waals surface area contributed by atoms with Gasteiger partial charge in [0.15, 0.2) is 6.61 Å². The summed E-state index contributed by atoms with van der Waals surface area (Å²) in [5, 5.41) is 0. The van der Waals surface area contributed by atoms with E-state index in [1.165, 1.54) is 0 Å². The first-order valence-corrected chi connectivity index (χ1v) is 7.71. The molecular weight excluding hydrogens is 294 g/mol. The van der Waals surface area contributed by atoms with E-state index in [-0.39, 0.29) is 18.6 Å². The van der Waals surface area contributed by atoms with Crippen molar-refractivity contribution in [3.8, 4) is 5.75 Å². The van der Waals surface area contributed by atoms with Gasteiger partial charge in [0, 0.05) is 20.2 Å². The number of aromatic nitrogens is 2. The van der Waals surface area contributed by atoms with Gasteiger partial charge in [-0.2, -0.15) is 0 Å². The summed E-state index contributed by atoms with van der Waals surface area (Å²) in [7, 11) is 1.67. The van der Waals surface area contributed by atoms with Crippen LogP contribution >= 0.6 is 0 Å². The average Bonchev–Trinajstić information content (AvgIpc) is 2.98. The molecule has 0 aliphatic carbocycles. The second-order valence-electron chi connectivity index (χ2n) is 5.56. The lowest BCUT2D eigenvalue weighted by Gasteiger charge is -2.34. The van der Waals surface area contributed by atoms with Crippen molar-refractivity contribution in [3.63, 3.8) is 0 Å². The van der Waals surface area contributed by atoms with Gasteiger partial charge < -0.3 is 18.9 Å². The van der Waals surface area contributed by atoms with Gasteiger partial charge in [0.2, 0.25) is 0 Å². The number of benzene rings is 1. The largest absolute Gasteiger partial charge is 0.484 e. The molecule has 0 fully saturated rings. The number of carbonyl (C=O) groups excluding carboxylic acids is 1. The van der Waals surface area contributed by atoms with Crippen molar-refractivity contribution in [2.45, 2.75) is 26.1 Å². The van der Waals surface area contributed by atoms with Crippen LogP contribution in [0.5, 0.6) is 5.75 Å². The van der Waals surface area contributed by atoms with Crippen LogP contribution in [0.4, 0.5) is 0 Å². The van der Waals surface area contributed by atoms with Crippen molar-refractivity contribution in [1.82, 2.24) is 14.5 Å². The first kappa shape index (κ1) is 15.6. The minimum absolute atomic E-state index is 0.0242. The van der Waals surface area contributed by atoms with Crippen molar-refractivity contribution in [2.24, 2.45) is 0 Å². The lowest BCUT2D eigenvalue weighted by atomic mass is 10.2. The van der Waals surface area contributed by atoms with Gasteiger partial charge in [-0.25, -0.2) is 4.98 Å². The number of hydrogen-bond acceptors (Lipinski definition) is 4. The SMILES string of the molecule is COCc1cnc2n1CCN(C(=O)COc1ccccc1)C2C. The molecule has 1 unspecified atom stereocenters. The number of rotatable bonds is 5. The molecule has 1 atom stereocenters. The van der Waals surface area contributed by atoms with Crippen LogP contribution in [0.2, 0.25) is 0 Å². The normalized spacial score (nSPS) is 17.0. The Balaban J connectivity index is 1.66. The zero-order chi connectivity index (χ0) is 16.2. The smallest absolute Gasteiger partial charge is 0.261 e. The Morgan fingerprint density at radius 3 is 2.83 bits per heavy atom. The molecule has 3 rings (SSSR count). The number of ether oxygens (including phenoxy) is 2. The van der Waals surface area contributed by atoms with E-state index in [0.717, 1.165) is 18.1 Å². The van der Waals surface area contributed by atoms with Gasteiger partial charge in [0.1, 0.15) is 11.6 Å². The van der Waals surface area contributed by atoms with Gasteiger partial charge in [-0.1, -0.05) is 18.2 Å². The quantitative estimate of drug-likeness (QED) is 0.847. The zero-order valence-electron chi connectivity index (χ0n) is 13.4. The van der Waals surface area contributed by atoms with Gasteiger partial charge in [0.05, 0.1) is 24.5 Å². The Hall–Kier alpha value is -2.34. The molecule has 23 heavy (non-hydrogen) atoms. The Kier molecular flexibility index (Phi) is 4.62. The molecule has 0 radical (unpaired) electrons. The molecule has 1 aliphatic rings. The molecule has 0 saturated carbocycles. The number of nitrogens with zero attached hydrogens (tertiary/aromatic N) is 3. The number of para-hydroxylation sites is 1. The molecular formula is C17H21N3O3. The highest BCUT2D eigenvalue weighted by Crippen LogP contribution is 2.25. The van der Waals surface area contributed by atoms with E-state index in [2.05, 4.69) is 9.55 Å². The Morgan fingerprint density at radius 1 is 1.30 bits per heavy atom. The van der Waals surface area contributed by atoms with E-state index in [4.69, 9.17) is 9.47 Å². The van der Waals surface area contributed by atoms with Crippen molar-refractivity contribution < 1.29 is 14.3 Å². The van der Waals surface area contributed by atoms with E-state index in [1.54, 1.807) is 7.11 Å². The van der Waals surface area contributed by atoms with Crippen molar-refractivity contribution in [2.75, 3.05) is 20.3 Å². The Labute approximate surface area is 135 Å². The van der Waals surface area contributed by atoms with Crippen molar-refractivity contribution in [3.05, 3.63) is 48.0 Å². The molecule has 0 bridgehead atoms. The zero-order valence-corrected chi connectivity index (χ0v) is 13.4. The summed E-state index contributed by atoms with van der Waals surface area (Å²) in [5.41, 5.74) is 1.04. The number of imidazole rings is 1. The van der Waals surface area contributed by atoms with Crippen LogP contribution in [0, 0.1) is 0 Å². The Morgan fingerprint density at radius 2 is 2.09 bits per heavy atom. The molecule has 1 amide bonds. The van der Waals surface area contributed by atoms with Crippen LogP contribution in [-0.4, -0.2) is 40.6 Å². The molecule has 122 valence electrons. The molecule has 0 saturated heterocycles. The summed E-state index contributed by atoms with van der Waals surface area (Å²) in [4.78, 5) is 18.7. The van der Waals surface area contributed by atoms with Gasteiger partial charge in [-0.05, 0) is 19.1 Å². The molecule has 2 aromatic rings. The molecule has 6 heteroatoms. The third-order valence-electron chi connectivity index (χ3n) is 4.09. The van der Waals surface area contributed by atoms with Crippen LogP contribution in [0.1, 0.15) is 24.5 Å². The minimum Gasteiger partial charge on any atom is -0.484 e. The summed E-state index contributed by atoms with van der Waals surface area (Å²) in [6.07, 6.45) is 1.82. The van der Waals surface area contributed by atoms with Crippen molar-refractivity contribution in [1.29, 1.82) is 0 Å². The molecule has 1 aliphatic heterocycles. The second kappa shape index (κ2) is 6.83. The topological polar surface area (TPSA) is 56.6 Å². The molecule has 6 nitrogen and oxygen atoms in total. The maximum atomic E-state index is 12.5. The molecule has 0 N–H and O–H groups in total. The predicted octanol–water partition coefficient (Wildman–Crippen LogP) is 2.01. The molecule has 1 aromatic heterocycles. The summed E-state index contributed by atoms with van der Waals surface area (Å²) in [6.45, 7) is 3.95. The number of hydrogen-bond donors (Lipinski definition) is 0. The van der Waals surface area contributed by atoms with Crippen LogP contribution < -0.4 is 4.74 Å². The first-order chi connectivity index (χ1) is 11.2. The summed E-state index contributed by atoms with van der Waals surface area (Å²) in [6, 6.07) is 9.31. The van der Waals surface area contributed by atoms with Crippen molar-refractivity contribution >= 4 is 5.91 Å². The minimum atomic E-state index is -0.0683. The highest BCUT2D eigenvalue weighted by molar-refractivity contribution is 5.78. The van der Waals surface area contributed by atoms with Crippen LogP contribution in [0.25, 0.3) is 0 Å². The monoisotopic (exact) mass is 315 g/mol. The highest BCUT2D eigenvalue weighted by Gasteiger charge is 2.30. The lowest BCUT2D eigenvalue weighted by molar-refractivity contribution is -0.136. The van der Waals surface area contributed by atoms with Gasteiger partial charge in [-0.15, -0.1) is 0 Å². The maximum absolute atomic E-state index is 12.5. The van der Waals surface area contributed by atoms with Crippen LogP contribution in [0.15, 0.2) is 36.5 Å². The van der Waals surface area contributed by atoms with E-state index in [9.17, 15) is 4.79 Å². The molecule has 2 heterocycles. The number of fused-ring (bicyclic) bond motifs is 1. The standard InChI is InChI=1S/C17H21N3O3/c1-13-17-18-10-14(11-22-2)20(17)9-8-19(13)16(21)12-23-15-6-4-3-5-7-15/h3-7,10,13H,8-9,11-12H2,1-2H3. The average molecular weight is 315 g/mol. The summed E-state index contributed by atoms with van der Waals surface area (Å²) in [5.74, 6) is 1.58. The van der Waals surface area contributed by atoms with Gasteiger partial charge >= 0.3 is 0 Å². The van der Waals surface area contributed by atoms with E-state index in [0.29, 0.717) is 18.9 Å². The second-order valence-corrected chi connectivity index (χ2v) is 5.56. The van der Waals surface area contributed by atoms with Gasteiger partial charge in [-0.3, -0.25) is 4.79 Å². The third-order valence-corrected chi connectivity index (χ3v) is 4.09. The van der Waals surface area contributed by atoms with Gasteiger partial charge in [0.25, 0.3) is 5.91 Å². The fourth-order valence-electron chi connectivity index (χ4n) is 2.91. The summed E-state index contributed by atoms with van der Waals surface area (Å²) >= 11 is 0.